The Bertz CT molecular complexity index is 9760. The number of nitrogens with zero attached hydrogens (tertiary/aromatic N) is 7. The maximum atomic E-state index is 7.87. The molecule has 0 saturated heterocycles. The lowest BCUT2D eigenvalue weighted by molar-refractivity contribution is 0.464. The van der Waals surface area contributed by atoms with Gasteiger partial charge in [0.05, 0.1) is 45.2 Å². The molecule has 0 saturated carbocycles. The summed E-state index contributed by atoms with van der Waals surface area (Å²) in [5.74, 6) is 14.2. The normalized spacial score (nSPS) is 13.5. The highest BCUT2D eigenvalue weighted by molar-refractivity contribution is 7.03. The van der Waals surface area contributed by atoms with Crippen molar-refractivity contribution in [3.63, 3.8) is 0 Å². The van der Waals surface area contributed by atoms with Crippen molar-refractivity contribution < 1.29 is 37.9 Å². The number of rotatable bonds is 6. The Kier molecular flexibility index (Phi) is 14.8. The van der Waals surface area contributed by atoms with E-state index in [0.717, 1.165) is 181 Å². The third-order valence-corrected chi connectivity index (χ3v) is 31.1. The van der Waals surface area contributed by atoms with Crippen LogP contribution in [0.3, 0.4) is 0 Å². The summed E-state index contributed by atoms with van der Waals surface area (Å²) in [5.41, 5.74) is 37.0. The lowest BCUT2D eigenvalue weighted by Gasteiger charge is -2.37. The van der Waals surface area contributed by atoms with Crippen molar-refractivity contribution in [1.29, 1.82) is 0 Å². The average Bonchev–Trinajstić information content (AvgIpc) is 1.36. The molecule has 12 aliphatic rings. The molecule has 0 atom stereocenters. The summed E-state index contributed by atoms with van der Waals surface area (Å²) in [6, 6.07) is 136. The molecule has 15 nitrogen and oxygen atoms in total. The first kappa shape index (κ1) is 75.6. The summed E-state index contributed by atoms with van der Waals surface area (Å²) >= 11 is 0. The molecule has 0 fully saturated rings. The third kappa shape index (κ3) is 9.92. The minimum atomic E-state index is 0.0407. The maximum Gasteiger partial charge on any atom is 0.266 e. The van der Waals surface area contributed by atoms with Crippen LogP contribution in [0.5, 0.6) is 92.0 Å². The van der Waals surface area contributed by atoms with E-state index < -0.39 is 0 Å². The maximum absolute atomic E-state index is 7.87. The first-order valence-corrected chi connectivity index (χ1v) is 47.9. The Labute approximate surface area is 806 Å². The molecule has 650 valence electrons. The third-order valence-electron chi connectivity index (χ3n) is 31.1. The number of para-hydroxylation sites is 5. The van der Waals surface area contributed by atoms with Gasteiger partial charge in [-0.15, -0.1) is 0 Å². The van der Waals surface area contributed by atoms with E-state index in [9.17, 15) is 0 Å². The largest absolute Gasteiger partial charge is 0.460 e. The molecule has 0 radical (unpaired) electrons. The first-order valence-electron chi connectivity index (χ1n) is 47.9. The zero-order valence-corrected chi connectivity index (χ0v) is 75.2. The van der Waals surface area contributed by atoms with Crippen molar-refractivity contribution in [2.45, 2.75) is 6.92 Å². The van der Waals surface area contributed by atoms with Gasteiger partial charge in [0, 0.05) is 122 Å². The van der Waals surface area contributed by atoms with E-state index in [1.165, 1.54) is 126 Å². The van der Waals surface area contributed by atoms with Crippen molar-refractivity contribution >= 4 is 219 Å². The van der Waals surface area contributed by atoms with Crippen LogP contribution in [0.2, 0.25) is 0 Å². The number of aromatic nitrogens is 4. The topological polar surface area (TPSA) is 104 Å². The molecule has 36 rings (SSSR count). The van der Waals surface area contributed by atoms with E-state index in [-0.39, 0.29) is 26.9 Å². The van der Waals surface area contributed by atoms with Crippen molar-refractivity contribution in [1.82, 2.24) is 18.3 Å². The van der Waals surface area contributed by atoms with Gasteiger partial charge in [0.2, 0.25) is 5.69 Å². The summed E-state index contributed by atoms with van der Waals surface area (Å²) in [6.07, 6.45) is 0. The van der Waals surface area contributed by atoms with Gasteiger partial charge in [-0.25, -0.2) is 4.85 Å². The van der Waals surface area contributed by atoms with Crippen molar-refractivity contribution in [3.8, 4) is 115 Å². The predicted octanol–water partition coefficient (Wildman–Crippen LogP) is 23.1. The van der Waals surface area contributed by atoms with E-state index in [4.69, 9.17) is 44.5 Å². The number of fused-ring (bicyclic) bond motifs is 16. The van der Waals surface area contributed by atoms with Crippen LogP contribution in [0.15, 0.2) is 388 Å². The minimum absolute atomic E-state index is 0.0407. The highest BCUT2D eigenvalue weighted by atomic mass is 16.5. The van der Waals surface area contributed by atoms with E-state index in [2.05, 4.69) is 367 Å². The quantitative estimate of drug-likeness (QED) is 0.118. The fourth-order valence-corrected chi connectivity index (χ4v) is 25.8. The summed E-state index contributed by atoms with van der Waals surface area (Å²) in [6.45, 7) is 10.4. The second kappa shape index (κ2) is 27.6. The van der Waals surface area contributed by atoms with Gasteiger partial charge in [0.25, 0.3) is 26.9 Å². The van der Waals surface area contributed by atoms with E-state index in [0.29, 0.717) is 5.69 Å². The highest BCUT2D eigenvalue weighted by Gasteiger charge is 2.52. The summed E-state index contributed by atoms with van der Waals surface area (Å²) < 4.78 is 61.1. The standard InChI is InChI=1S/2C36H21BN2O2.C25H11BN2O2.C25H14BNO2/c1-3-9-22(10-4-1)38(23-11-5-2-6-12-23)24-17-19-27-26(21-24)25-18-20-32-35-36(25)39(27)28-13-7-14-29-33(28)37(35)34-30(40-29)15-8-16-31(34)41-32;1-3-9-22(10-4-1)38(23-11-5-2-6-12-23)24-17-18-25-26-19-20-32-35-36(26)39(28(25)21-24)27-13-7-14-29-33(27)37(35)34-30(40-29)15-8-16-31(34)41-32;1-27-14-12-20-24-25-21(14)13-6-2-3-7-15(13)28(25)16-8-4-9-17-22(16)26(24)23-18(29-17)10-5-11-19(23)30-20;1-13-5-2-6-15-21(13)14-11-12-20-24-25(14)27(15)16-7-3-8-17-22(16)26(24)23-18(28-17)9-4-10-19(23)29-20/h2*1-21H;2-12H;2-12H,1H3. The van der Waals surface area contributed by atoms with Crippen LogP contribution < -0.4 is 113 Å². The smallest absolute Gasteiger partial charge is 0.266 e. The Morgan fingerprint density at radius 2 is 0.511 bits per heavy atom. The number of hydrogen-bond donors (Lipinski definition) is 0. The molecule has 0 spiro atoms. The lowest BCUT2D eigenvalue weighted by atomic mass is 9.33. The van der Waals surface area contributed by atoms with Crippen LogP contribution in [0.1, 0.15) is 5.56 Å². The van der Waals surface area contributed by atoms with Gasteiger partial charge in [-0.2, -0.15) is 0 Å². The van der Waals surface area contributed by atoms with Crippen molar-refractivity contribution in [2.75, 3.05) is 9.80 Å². The van der Waals surface area contributed by atoms with Gasteiger partial charge >= 0.3 is 0 Å². The summed E-state index contributed by atoms with van der Waals surface area (Å²) in [5, 5.41) is 9.63. The molecule has 19 heteroatoms. The van der Waals surface area contributed by atoms with Crippen LogP contribution in [-0.2, 0) is 0 Å². The first-order chi connectivity index (χ1) is 69.9. The zero-order chi connectivity index (χ0) is 91.7. The van der Waals surface area contributed by atoms with Crippen molar-refractivity contribution in [3.05, 3.63) is 405 Å². The van der Waals surface area contributed by atoms with Gasteiger partial charge < -0.3 is 66.0 Å². The molecule has 20 aromatic carbocycles. The SMILES string of the molecule is Cc1cccc2c1c1ccc3c4c1n2-c1cccc2c1B4c1c(cccc1O3)O2.[C-]#[N+]c1cc2c3c4c1c1ccccc1n4-c1cccc4c1B3c1c(cccc1O2)O4.c1ccc(N(c2ccccc2)c2ccc3c(c2)c2ccc4c5c2n3-c2cccc3c2B5c2c(cccc2O4)O3)cc1.c1ccc(N(c2ccccc2)c2ccc3c4ccc5c6c4n(c3c2)-c2cccc3c2B6c2c(cccc2O5)O3)cc1. The fourth-order valence-electron chi connectivity index (χ4n) is 25.8. The zero-order valence-electron chi connectivity index (χ0n) is 75.2. The van der Waals surface area contributed by atoms with Gasteiger partial charge in [-0.1, -0.05) is 158 Å². The fraction of sp³-hybridized carbons (Fsp3) is 0.00820. The molecule has 0 unspecified atom stereocenters. The van der Waals surface area contributed by atoms with Crippen LogP contribution in [0.4, 0.5) is 39.8 Å². The molecule has 0 bridgehead atoms. The molecule has 16 heterocycles. The Hall–Kier alpha value is -18.7. The van der Waals surface area contributed by atoms with Gasteiger partial charge in [-0.05, 0) is 292 Å². The molecule has 0 N–H and O–H groups in total. The summed E-state index contributed by atoms with van der Waals surface area (Å²) in [4.78, 5) is 8.53. The van der Waals surface area contributed by atoms with Crippen molar-refractivity contribution in [2.24, 2.45) is 0 Å². The minimum Gasteiger partial charge on any atom is -0.460 e. The van der Waals surface area contributed by atoms with Gasteiger partial charge in [-0.3, -0.25) is 0 Å². The molecule has 24 aromatic rings. The van der Waals surface area contributed by atoms with Gasteiger partial charge in [0.15, 0.2) is 0 Å². The molecular formula is C122H67B4N7O8. The van der Waals surface area contributed by atoms with Crippen LogP contribution in [0, 0.1) is 13.5 Å². The number of ether oxygens (including phenoxy) is 8. The second-order valence-electron chi connectivity index (χ2n) is 38.0. The second-order valence-corrected chi connectivity index (χ2v) is 38.0. The molecule has 141 heavy (non-hydrogen) atoms. The Morgan fingerprint density at radius 1 is 0.206 bits per heavy atom. The summed E-state index contributed by atoms with van der Waals surface area (Å²) in [7, 11) is 0. The number of anilines is 6. The Balaban J connectivity index is 0.0000000842. The van der Waals surface area contributed by atoms with E-state index >= 15 is 0 Å². The van der Waals surface area contributed by atoms with Gasteiger partial charge in [0.1, 0.15) is 92.0 Å². The molecule has 4 aromatic heterocycles. The monoisotopic (exact) mass is 1800 g/mol. The number of aryl methyl sites for hydroxylation is 1. The number of hydrogen-bond acceptors (Lipinski definition) is 10. The average molecular weight is 1800 g/mol. The molecular weight excluding hydrogens is 1730 g/mol. The predicted molar refractivity (Wildman–Crippen MR) is 568 cm³/mol. The molecule has 0 amide bonds. The van der Waals surface area contributed by atoms with Crippen LogP contribution in [-0.4, -0.2) is 45.1 Å². The van der Waals surface area contributed by atoms with E-state index in [1.54, 1.807) is 0 Å². The lowest BCUT2D eigenvalue weighted by Crippen LogP contribution is -2.60. The molecule has 0 aliphatic carbocycles. The van der Waals surface area contributed by atoms with Crippen LogP contribution in [0.25, 0.3) is 115 Å². The van der Waals surface area contributed by atoms with E-state index in [1.807, 2.05) is 60.7 Å². The highest BCUT2D eigenvalue weighted by Crippen LogP contribution is 2.53. The molecule has 12 aliphatic heterocycles. The Morgan fingerprint density at radius 3 is 0.943 bits per heavy atom. The number of benzene rings is 20. The van der Waals surface area contributed by atoms with Crippen LogP contribution >= 0.6 is 0 Å².